The van der Waals surface area contributed by atoms with E-state index in [4.69, 9.17) is 0 Å². The second-order valence-corrected chi connectivity index (χ2v) is 7.39. The summed E-state index contributed by atoms with van der Waals surface area (Å²) < 4.78 is 39.4. The highest BCUT2D eigenvalue weighted by atomic mass is 32.2. The smallest absolute Gasteiger partial charge is 0.215 e. The van der Waals surface area contributed by atoms with Crippen molar-refractivity contribution in [2.45, 2.75) is 31.8 Å². The van der Waals surface area contributed by atoms with Crippen LogP contribution in [-0.4, -0.2) is 38.1 Å². The lowest BCUT2D eigenvalue weighted by molar-refractivity contribution is 0.406. The summed E-state index contributed by atoms with van der Waals surface area (Å²) in [5.41, 5.74) is 0.398. The zero-order chi connectivity index (χ0) is 14.6. The zero-order valence-corrected chi connectivity index (χ0v) is 12.5. The molecule has 0 amide bonds. The average Bonchev–Trinajstić information content (AvgIpc) is 2.42. The maximum atomic E-state index is 13.6. The molecular formula is C14H21FN2O2S. The average molecular weight is 300 g/mol. The molecule has 1 atom stereocenters. The highest BCUT2D eigenvalue weighted by Crippen LogP contribution is 2.14. The van der Waals surface area contributed by atoms with Gasteiger partial charge >= 0.3 is 0 Å². The van der Waals surface area contributed by atoms with Crippen LogP contribution >= 0.6 is 0 Å². The molecule has 0 radical (unpaired) electrons. The monoisotopic (exact) mass is 300 g/mol. The van der Waals surface area contributed by atoms with Crippen LogP contribution in [0.5, 0.6) is 0 Å². The van der Waals surface area contributed by atoms with Crippen molar-refractivity contribution in [2.75, 3.05) is 19.3 Å². The predicted octanol–water partition coefficient (Wildman–Crippen LogP) is 1.73. The van der Waals surface area contributed by atoms with Crippen molar-refractivity contribution in [2.24, 2.45) is 0 Å². The van der Waals surface area contributed by atoms with E-state index in [0.29, 0.717) is 5.56 Å². The van der Waals surface area contributed by atoms with Crippen LogP contribution in [0.1, 0.15) is 24.8 Å². The van der Waals surface area contributed by atoms with Crippen molar-refractivity contribution in [1.29, 1.82) is 0 Å². The first-order chi connectivity index (χ1) is 9.49. The molecule has 1 aromatic carbocycles. The maximum Gasteiger partial charge on any atom is 0.215 e. The Bertz CT molecular complexity index is 542. The molecule has 1 heterocycles. The summed E-state index contributed by atoms with van der Waals surface area (Å²) >= 11 is 0. The van der Waals surface area contributed by atoms with Gasteiger partial charge in [-0.15, -0.1) is 0 Å². The van der Waals surface area contributed by atoms with Crippen LogP contribution in [0.3, 0.4) is 0 Å². The van der Waals surface area contributed by atoms with Crippen molar-refractivity contribution in [3.8, 4) is 0 Å². The second-order valence-electron chi connectivity index (χ2n) is 5.27. The third kappa shape index (κ3) is 4.01. The first-order valence-corrected chi connectivity index (χ1v) is 8.51. The second kappa shape index (κ2) is 6.65. The number of nitrogens with zero attached hydrogens (tertiary/aromatic N) is 1. The lowest BCUT2D eigenvalue weighted by Crippen LogP contribution is -2.43. The van der Waals surface area contributed by atoms with Crippen molar-refractivity contribution in [1.82, 2.24) is 9.62 Å². The summed E-state index contributed by atoms with van der Waals surface area (Å²) in [5, 5.41) is 3.23. The molecule has 2 rings (SSSR count). The van der Waals surface area contributed by atoms with Gasteiger partial charge in [-0.05, 0) is 25.5 Å². The van der Waals surface area contributed by atoms with Crippen LogP contribution in [0, 0.1) is 5.82 Å². The normalized spacial score (nSPS) is 20.2. The van der Waals surface area contributed by atoms with E-state index in [0.717, 1.165) is 25.8 Å². The minimum absolute atomic E-state index is 0.0109. The predicted molar refractivity (Wildman–Crippen MR) is 77.3 cm³/mol. The van der Waals surface area contributed by atoms with Crippen molar-refractivity contribution < 1.29 is 12.8 Å². The molecule has 0 saturated carbocycles. The van der Waals surface area contributed by atoms with Crippen LogP contribution in [0.2, 0.25) is 0 Å². The van der Waals surface area contributed by atoms with Crippen LogP contribution in [-0.2, 0) is 16.6 Å². The molecule has 1 aliphatic heterocycles. The molecule has 1 N–H and O–H groups in total. The minimum atomic E-state index is -3.37. The number of piperidine rings is 1. The van der Waals surface area contributed by atoms with Crippen LogP contribution in [0.25, 0.3) is 0 Å². The standard InChI is InChI=1S/C14H21FN2O2S/c1-17(10-12-6-2-3-8-14(12)15)20(18,19)11-13-7-4-5-9-16-13/h2-3,6,8,13,16H,4-5,7,9-11H2,1H3. The summed E-state index contributed by atoms with van der Waals surface area (Å²) in [4.78, 5) is 0. The lowest BCUT2D eigenvalue weighted by atomic mass is 10.1. The quantitative estimate of drug-likeness (QED) is 0.901. The van der Waals surface area contributed by atoms with E-state index in [2.05, 4.69) is 5.32 Å². The van der Waals surface area contributed by atoms with Crippen LogP contribution in [0.15, 0.2) is 24.3 Å². The van der Waals surface area contributed by atoms with E-state index < -0.39 is 10.0 Å². The van der Waals surface area contributed by atoms with Gasteiger partial charge < -0.3 is 5.32 Å². The Morgan fingerprint density at radius 1 is 1.35 bits per heavy atom. The van der Waals surface area contributed by atoms with Crippen molar-refractivity contribution >= 4 is 10.0 Å². The molecule has 1 saturated heterocycles. The first kappa shape index (κ1) is 15.4. The number of sulfonamides is 1. The third-order valence-electron chi connectivity index (χ3n) is 3.65. The summed E-state index contributed by atoms with van der Waals surface area (Å²) in [5.74, 6) is -0.289. The SMILES string of the molecule is CN(Cc1ccccc1F)S(=O)(=O)CC1CCCCN1. The topological polar surface area (TPSA) is 49.4 Å². The van der Waals surface area contributed by atoms with Gasteiger partial charge in [0.05, 0.1) is 5.75 Å². The highest BCUT2D eigenvalue weighted by Gasteiger charge is 2.25. The van der Waals surface area contributed by atoms with E-state index in [1.807, 2.05) is 0 Å². The Morgan fingerprint density at radius 2 is 2.10 bits per heavy atom. The number of halogens is 1. The zero-order valence-electron chi connectivity index (χ0n) is 11.7. The van der Waals surface area contributed by atoms with E-state index in [1.165, 1.54) is 17.4 Å². The number of benzene rings is 1. The molecule has 0 aliphatic carbocycles. The Balaban J connectivity index is 1.99. The minimum Gasteiger partial charge on any atom is -0.313 e. The Morgan fingerprint density at radius 3 is 2.75 bits per heavy atom. The van der Waals surface area contributed by atoms with Gasteiger partial charge in [-0.25, -0.2) is 17.1 Å². The third-order valence-corrected chi connectivity index (χ3v) is 5.55. The Kier molecular flexibility index (Phi) is 5.12. The number of rotatable bonds is 5. The number of hydrogen-bond donors (Lipinski definition) is 1. The van der Waals surface area contributed by atoms with Gasteiger partial charge in [-0.2, -0.15) is 0 Å². The van der Waals surface area contributed by atoms with Crippen LogP contribution < -0.4 is 5.32 Å². The molecule has 1 unspecified atom stereocenters. The van der Waals surface area contributed by atoms with Gasteiger partial charge in [0.25, 0.3) is 0 Å². The van der Waals surface area contributed by atoms with Crippen LogP contribution in [0.4, 0.5) is 4.39 Å². The Hall–Kier alpha value is -0.980. The number of nitrogens with one attached hydrogen (secondary N) is 1. The summed E-state index contributed by atoms with van der Waals surface area (Å²) in [6.45, 7) is 0.943. The molecule has 0 aromatic heterocycles. The summed E-state index contributed by atoms with van der Waals surface area (Å²) in [7, 11) is -1.87. The van der Waals surface area contributed by atoms with Gasteiger partial charge in [0.1, 0.15) is 5.82 Å². The van der Waals surface area contributed by atoms with Gasteiger partial charge in [-0.1, -0.05) is 24.6 Å². The molecule has 112 valence electrons. The van der Waals surface area contributed by atoms with Gasteiger partial charge in [-0.3, -0.25) is 0 Å². The molecule has 1 fully saturated rings. The van der Waals surface area contributed by atoms with E-state index in [-0.39, 0.29) is 24.2 Å². The molecule has 1 aliphatic rings. The molecule has 0 bridgehead atoms. The van der Waals surface area contributed by atoms with E-state index >= 15 is 0 Å². The molecule has 4 nitrogen and oxygen atoms in total. The van der Waals surface area contributed by atoms with Crippen molar-refractivity contribution in [3.63, 3.8) is 0 Å². The van der Waals surface area contributed by atoms with Gasteiger partial charge in [0, 0.05) is 25.2 Å². The van der Waals surface area contributed by atoms with E-state index in [9.17, 15) is 12.8 Å². The van der Waals surface area contributed by atoms with Gasteiger partial charge in [0.2, 0.25) is 10.0 Å². The van der Waals surface area contributed by atoms with Gasteiger partial charge in [0.15, 0.2) is 0 Å². The summed E-state index contributed by atoms with van der Waals surface area (Å²) in [6, 6.07) is 6.27. The number of hydrogen-bond acceptors (Lipinski definition) is 3. The first-order valence-electron chi connectivity index (χ1n) is 6.90. The van der Waals surface area contributed by atoms with E-state index in [1.54, 1.807) is 18.2 Å². The molecule has 0 spiro atoms. The largest absolute Gasteiger partial charge is 0.313 e. The fourth-order valence-corrected chi connectivity index (χ4v) is 3.80. The summed E-state index contributed by atoms with van der Waals surface area (Å²) in [6.07, 6.45) is 3.04. The molecule has 6 heteroatoms. The molecule has 1 aromatic rings. The molecule has 20 heavy (non-hydrogen) atoms. The molecular weight excluding hydrogens is 279 g/mol. The van der Waals surface area contributed by atoms with Crippen molar-refractivity contribution in [3.05, 3.63) is 35.6 Å². The lowest BCUT2D eigenvalue weighted by Gasteiger charge is -2.26. The maximum absolute atomic E-state index is 13.6. The highest BCUT2D eigenvalue weighted by molar-refractivity contribution is 7.89. The Labute approximate surface area is 120 Å². The fraction of sp³-hybridized carbons (Fsp3) is 0.571. The fourth-order valence-electron chi connectivity index (χ4n) is 2.41.